The highest BCUT2D eigenvalue weighted by Gasteiger charge is 2.19. The molecule has 0 bridgehead atoms. The summed E-state index contributed by atoms with van der Waals surface area (Å²) in [5, 5.41) is 12.5. The SMILES string of the molecule is CCN[C@@H](CCCNC(=N)N)C(=O)OC(C)=O. The molecular formula is C10H20N4O3. The zero-order valence-electron chi connectivity index (χ0n) is 10.2. The van der Waals surface area contributed by atoms with Crippen LogP contribution >= 0.6 is 0 Å². The van der Waals surface area contributed by atoms with Crippen molar-refractivity contribution in [2.24, 2.45) is 5.73 Å². The van der Waals surface area contributed by atoms with Gasteiger partial charge >= 0.3 is 11.9 Å². The van der Waals surface area contributed by atoms with E-state index in [1.807, 2.05) is 6.92 Å². The van der Waals surface area contributed by atoms with Gasteiger partial charge in [-0.15, -0.1) is 0 Å². The van der Waals surface area contributed by atoms with Gasteiger partial charge in [-0.3, -0.25) is 10.2 Å². The van der Waals surface area contributed by atoms with E-state index in [0.29, 0.717) is 25.9 Å². The maximum absolute atomic E-state index is 11.5. The highest BCUT2D eigenvalue weighted by Crippen LogP contribution is 2.00. The van der Waals surface area contributed by atoms with Crippen LogP contribution in [0.5, 0.6) is 0 Å². The molecule has 0 saturated carbocycles. The molecular weight excluding hydrogens is 224 g/mol. The quantitative estimate of drug-likeness (QED) is 0.155. The van der Waals surface area contributed by atoms with Crippen LogP contribution in [-0.4, -0.2) is 37.0 Å². The van der Waals surface area contributed by atoms with Crippen LogP contribution in [-0.2, 0) is 14.3 Å². The number of ether oxygens (including phenoxy) is 1. The van der Waals surface area contributed by atoms with Crippen LogP contribution in [0.25, 0.3) is 0 Å². The Balaban J connectivity index is 4.00. The summed E-state index contributed by atoms with van der Waals surface area (Å²) in [7, 11) is 0. The zero-order valence-corrected chi connectivity index (χ0v) is 10.2. The van der Waals surface area contributed by atoms with Crippen molar-refractivity contribution in [1.29, 1.82) is 5.41 Å². The third kappa shape index (κ3) is 8.21. The standard InChI is InChI=1S/C10H20N4O3/c1-3-13-8(9(16)17-7(2)15)5-4-6-14-10(11)12/h8,13H,3-6H2,1-2H3,(H4,11,12,14)/t8-/m0/s1. The number of esters is 2. The summed E-state index contributed by atoms with van der Waals surface area (Å²) in [4.78, 5) is 22.1. The molecule has 0 spiro atoms. The molecule has 5 N–H and O–H groups in total. The molecule has 7 heteroatoms. The number of carbonyl (C=O) groups is 2. The van der Waals surface area contributed by atoms with Crippen molar-refractivity contribution in [2.45, 2.75) is 32.7 Å². The van der Waals surface area contributed by atoms with E-state index in [9.17, 15) is 9.59 Å². The zero-order chi connectivity index (χ0) is 13.3. The molecule has 17 heavy (non-hydrogen) atoms. The fraction of sp³-hybridized carbons (Fsp3) is 0.700. The minimum absolute atomic E-state index is 0.101. The number of likely N-dealkylation sites (N-methyl/N-ethyl adjacent to an activating group) is 1. The maximum atomic E-state index is 11.5. The lowest BCUT2D eigenvalue weighted by Crippen LogP contribution is -2.39. The third-order valence-electron chi connectivity index (χ3n) is 1.96. The van der Waals surface area contributed by atoms with Crippen LogP contribution in [0, 0.1) is 5.41 Å². The van der Waals surface area contributed by atoms with Crippen LogP contribution in [0.1, 0.15) is 26.7 Å². The molecule has 0 fully saturated rings. The largest absolute Gasteiger partial charge is 0.392 e. The summed E-state index contributed by atoms with van der Waals surface area (Å²) in [5.74, 6) is -1.28. The van der Waals surface area contributed by atoms with Crippen molar-refractivity contribution in [3.05, 3.63) is 0 Å². The number of carbonyl (C=O) groups excluding carboxylic acids is 2. The smallest absolute Gasteiger partial charge is 0.330 e. The monoisotopic (exact) mass is 244 g/mol. The summed E-state index contributed by atoms with van der Waals surface area (Å²) in [6.45, 7) is 4.17. The van der Waals surface area contributed by atoms with Gasteiger partial charge in [0.1, 0.15) is 6.04 Å². The summed E-state index contributed by atoms with van der Waals surface area (Å²) in [5.41, 5.74) is 5.11. The van der Waals surface area contributed by atoms with E-state index in [0.717, 1.165) is 0 Å². The van der Waals surface area contributed by atoms with E-state index in [1.54, 1.807) is 0 Å². The molecule has 0 heterocycles. The van der Waals surface area contributed by atoms with Gasteiger partial charge in [-0.2, -0.15) is 0 Å². The first kappa shape index (κ1) is 15.4. The normalized spacial score (nSPS) is 11.6. The minimum atomic E-state index is -0.611. The summed E-state index contributed by atoms with van der Waals surface area (Å²) >= 11 is 0. The van der Waals surface area contributed by atoms with Crippen molar-refractivity contribution in [3.8, 4) is 0 Å². The summed E-state index contributed by atoms with van der Waals surface area (Å²) in [6.07, 6.45) is 1.16. The van der Waals surface area contributed by atoms with Crippen LogP contribution < -0.4 is 16.4 Å². The second-order valence-electron chi connectivity index (χ2n) is 3.51. The molecule has 0 unspecified atom stereocenters. The summed E-state index contributed by atoms with van der Waals surface area (Å²) < 4.78 is 4.52. The van der Waals surface area contributed by atoms with E-state index in [4.69, 9.17) is 11.1 Å². The average molecular weight is 244 g/mol. The first-order valence-electron chi connectivity index (χ1n) is 5.50. The molecule has 0 radical (unpaired) electrons. The lowest BCUT2D eigenvalue weighted by Gasteiger charge is -2.15. The van der Waals surface area contributed by atoms with Gasteiger partial charge in [0.05, 0.1) is 0 Å². The molecule has 0 aliphatic rings. The first-order valence-corrected chi connectivity index (χ1v) is 5.50. The average Bonchev–Trinajstić information content (AvgIpc) is 2.21. The lowest BCUT2D eigenvalue weighted by molar-refractivity contribution is -0.159. The minimum Gasteiger partial charge on any atom is -0.392 e. The highest BCUT2D eigenvalue weighted by atomic mass is 16.6. The Morgan fingerprint density at radius 1 is 1.47 bits per heavy atom. The predicted molar refractivity (Wildman–Crippen MR) is 63.4 cm³/mol. The van der Waals surface area contributed by atoms with Gasteiger partial charge in [-0.25, -0.2) is 4.79 Å². The van der Waals surface area contributed by atoms with Crippen molar-refractivity contribution >= 4 is 17.9 Å². The molecule has 0 saturated heterocycles. The van der Waals surface area contributed by atoms with E-state index in [2.05, 4.69) is 15.4 Å². The van der Waals surface area contributed by atoms with Gasteiger partial charge in [0, 0.05) is 13.5 Å². The number of hydrogen-bond acceptors (Lipinski definition) is 5. The number of nitrogens with one attached hydrogen (secondary N) is 3. The number of hydrogen-bond donors (Lipinski definition) is 4. The Hall–Kier alpha value is -1.63. The van der Waals surface area contributed by atoms with Gasteiger partial charge < -0.3 is 21.1 Å². The highest BCUT2D eigenvalue weighted by molar-refractivity contribution is 5.87. The molecule has 98 valence electrons. The van der Waals surface area contributed by atoms with Crippen molar-refractivity contribution in [3.63, 3.8) is 0 Å². The van der Waals surface area contributed by atoms with E-state index >= 15 is 0 Å². The van der Waals surface area contributed by atoms with Crippen molar-refractivity contribution in [1.82, 2.24) is 10.6 Å². The molecule has 0 aromatic heterocycles. The Bertz CT molecular complexity index is 281. The van der Waals surface area contributed by atoms with Crippen LogP contribution in [0.4, 0.5) is 0 Å². The van der Waals surface area contributed by atoms with Gasteiger partial charge in [0.25, 0.3) is 0 Å². The van der Waals surface area contributed by atoms with Gasteiger partial charge in [-0.1, -0.05) is 6.92 Å². The fourth-order valence-corrected chi connectivity index (χ4v) is 1.29. The lowest BCUT2D eigenvalue weighted by atomic mass is 10.1. The van der Waals surface area contributed by atoms with Crippen molar-refractivity contribution < 1.29 is 14.3 Å². The molecule has 1 atom stereocenters. The molecule has 0 aliphatic carbocycles. The molecule has 0 rings (SSSR count). The topological polar surface area (TPSA) is 117 Å². The maximum Gasteiger partial charge on any atom is 0.330 e. The van der Waals surface area contributed by atoms with Crippen LogP contribution in [0.2, 0.25) is 0 Å². The van der Waals surface area contributed by atoms with E-state index < -0.39 is 18.0 Å². The Kier molecular flexibility index (Phi) is 7.70. The Morgan fingerprint density at radius 2 is 2.12 bits per heavy atom. The van der Waals surface area contributed by atoms with E-state index in [1.165, 1.54) is 6.92 Å². The van der Waals surface area contributed by atoms with E-state index in [-0.39, 0.29) is 5.96 Å². The number of guanidine groups is 1. The van der Waals surface area contributed by atoms with Gasteiger partial charge in [0.15, 0.2) is 5.96 Å². The molecule has 7 nitrogen and oxygen atoms in total. The van der Waals surface area contributed by atoms with Crippen LogP contribution in [0.3, 0.4) is 0 Å². The Labute approximate surface area is 101 Å². The number of rotatable bonds is 7. The van der Waals surface area contributed by atoms with Crippen LogP contribution in [0.15, 0.2) is 0 Å². The van der Waals surface area contributed by atoms with Gasteiger partial charge in [-0.05, 0) is 19.4 Å². The summed E-state index contributed by atoms with van der Waals surface area (Å²) in [6, 6.07) is -0.502. The van der Waals surface area contributed by atoms with Crippen molar-refractivity contribution in [2.75, 3.05) is 13.1 Å². The molecule has 0 aromatic rings. The first-order chi connectivity index (χ1) is 7.97. The van der Waals surface area contributed by atoms with Gasteiger partial charge in [0.2, 0.25) is 0 Å². The molecule has 0 aliphatic heterocycles. The fourth-order valence-electron chi connectivity index (χ4n) is 1.29. The molecule has 0 aromatic carbocycles. The number of nitrogens with two attached hydrogens (primary N) is 1. The predicted octanol–water partition coefficient (Wildman–Crippen LogP) is -0.683. The second-order valence-corrected chi connectivity index (χ2v) is 3.51. The molecule has 0 amide bonds. The second kappa shape index (κ2) is 8.51. The third-order valence-corrected chi connectivity index (χ3v) is 1.96. The Morgan fingerprint density at radius 3 is 2.59 bits per heavy atom.